The largest absolute Gasteiger partial charge is 0.310 e. The summed E-state index contributed by atoms with van der Waals surface area (Å²) < 4.78 is 0. The minimum absolute atomic E-state index is 0.713. The average molecular weight is 231 g/mol. The summed E-state index contributed by atoms with van der Waals surface area (Å²) in [6.45, 7) is 3.54. The van der Waals surface area contributed by atoms with Crippen LogP contribution in [0.15, 0.2) is 24.5 Å². The molecular formula is C14H21N3. The van der Waals surface area contributed by atoms with Crippen LogP contribution in [0.1, 0.15) is 18.4 Å². The van der Waals surface area contributed by atoms with Gasteiger partial charge in [0.05, 0.1) is 0 Å². The van der Waals surface area contributed by atoms with Crippen LogP contribution in [-0.4, -0.2) is 36.1 Å². The van der Waals surface area contributed by atoms with Crippen molar-refractivity contribution in [2.24, 2.45) is 11.8 Å². The average Bonchev–Trinajstić information content (AvgIpc) is 2.87. The van der Waals surface area contributed by atoms with Crippen molar-refractivity contribution in [3.63, 3.8) is 0 Å². The number of pyridine rings is 1. The van der Waals surface area contributed by atoms with E-state index >= 15 is 0 Å². The number of nitrogens with one attached hydrogen (secondary N) is 1. The summed E-state index contributed by atoms with van der Waals surface area (Å²) in [7, 11) is 2.25. The maximum atomic E-state index is 4.16. The van der Waals surface area contributed by atoms with Crippen LogP contribution in [-0.2, 0) is 6.54 Å². The van der Waals surface area contributed by atoms with Gasteiger partial charge in [0.15, 0.2) is 0 Å². The molecule has 1 saturated heterocycles. The van der Waals surface area contributed by atoms with Crippen molar-refractivity contribution in [2.45, 2.75) is 25.4 Å². The number of hydrogen-bond acceptors (Lipinski definition) is 3. The molecule has 1 N–H and O–H groups in total. The minimum atomic E-state index is 0.713. The lowest BCUT2D eigenvalue weighted by atomic mass is 9.98. The third-order valence-electron chi connectivity index (χ3n) is 4.33. The molecule has 0 amide bonds. The third-order valence-corrected chi connectivity index (χ3v) is 4.33. The van der Waals surface area contributed by atoms with Crippen LogP contribution in [0.3, 0.4) is 0 Å². The minimum Gasteiger partial charge on any atom is -0.310 e. The van der Waals surface area contributed by atoms with Gasteiger partial charge >= 0.3 is 0 Å². The van der Waals surface area contributed by atoms with Crippen LogP contribution in [0.2, 0.25) is 0 Å². The molecule has 3 nitrogen and oxygen atoms in total. The molecule has 3 atom stereocenters. The van der Waals surface area contributed by atoms with E-state index in [0.717, 1.165) is 18.4 Å². The highest BCUT2D eigenvalue weighted by atomic mass is 15.1. The van der Waals surface area contributed by atoms with Crippen LogP contribution < -0.4 is 5.32 Å². The molecule has 3 heteroatoms. The van der Waals surface area contributed by atoms with Gasteiger partial charge in [0.25, 0.3) is 0 Å². The van der Waals surface area contributed by atoms with E-state index in [9.17, 15) is 0 Å². The van der Waals surface area contributed by atoms with Crippen molar-refractivity contribution in [3.05, 3.63) is 30.1 Å². The fraction of sp³-hybridized carbons (Fsp3) is 0.643. The molecule has 0 bridgehead atoms. The van der Waals surface area contributed by atoms with Crippen molar-refractivity contribution < 1.29 is 0 Å². The molecule has 17 heavy (non-hydrogen) atoms. The Labute approximate surface area is 103 Å². The van der Waals surface area contributed by atoms with Crippen molar-refractivity contribution in [2.75, 3.05) is 20.1 Å². The quantitative estimate of drug-likeness (QED) is 0.854. The Morgan fingerprint density at radius 3 is 3.18 bits per heavy atom. The van der Waals surface area contributed by atoms with E-state index in [1.165, 1.54) is 31.5 Å². The molecule has 2 fully saturated rings. The van der Waals surface area contributed by atoms with Gasteiger partial charge in [-0.05, 0) is 43.4 Å². The molecule has 1 saturated carbocycles. The van der Waals surface area contributed by atoms with E-state index in [2.05, 4.69) is 28.3 Å². The number of fused-ring (bicyclic) bond motifs is 1. The Kier molecular flexibility index (Phi) is 3.12. The normalized spacial score (nSPS) is 32.9. The Morgan fingerprint density at radius 1 is 1.41 bits per heavy atom. The zero-order valence-electron chi connectivity index (χ0n) is 10.5. The molecule has 0 radical (unpaired) electrons. The van der Waals surface area contributed by atoms with Gasteiger partial charge in [0.2, 0.25) is 0 Å². The zero-order valence-corrected chi connectivity index (χ0v) is 10.5. The number of likely N-dealkylation sites (tertiary alicyclic amines) is 1. The van der Waals surface area contributed by atoms with Crippen molar-refractivity contribution in [1.29, 1.82) is 0 Å². The Morgan fingerprint density at radius 2 is 2.35 bits per heavy atom. The van der Waals surface area contributed by atoms with Crippen LogP contribution in [0.5, 0.6) is 0 Å². The monoisotopic (exact) mass is 231 g/mol. The van der Waals surface area contributed by atoms with Crippen molar-refractivity contribution in [3.8, 4) is 0 Å². The fourth-order valence-corrected chi connectivity index (χ4v) is 3.49. The first-order valence-electron chi connectivity index (χ1n) is 6.64. The summed E-state index contributed by atoms with van der Waals surface area (Å²) in [5.74, 6) is 1.81. The molecule has 1 aliphatic heterocycles. The van der Waals surface area contributed by atoms with Gasteiger partial charge in [-0.2, -0.15) is 0 Å². The molecule has 92 valence electrons. The number of nitrogens with zero attached hydrogens (tertiary/aromatic N) is 2. The van der Waals surface area contributed by atoms with Gasteiger partial charge in [-0.1, -0.05) is 6.07 Å². The topological polar surface area (TPSA) is 28.2 Å². The predicted molar refractivity (Wildman–Crippen MR) is 68.6 cm³/mol. The first-order chi connectivity index (χ1) is 8.33. The highest BCUT2D eigenvalue weighted by Gasteiger charge is 2.40. The molecule has 1 unspecified atom stereocenters. The van der Waals surface area contributed by atoms with Gasteiger partial charge in [-0.15, -0.1) is 0 Å². The number of hydrogen-bond donors (Lipinski definition) is 1. The molecule has 0 spiro atoms. The molecule has 1 aromatic rings. The molecule has 1 aromatic heterocycles. The summed E-state index contributed by atoms with van der Waals surface area (Å²) in [5.41, 5.74) is 1.29. The molecule has 2 heterocycles. The lowest BCUT2D eigenvalue weighted by Gasteiger charge is -2.20. The Bertz CT molecular complexity index is 365. The smallest absolute Gasteiger partial charge is 0.0312 e. The summed E-state index contributed by atoms with van der Waals surface area (Å²) in [5, 5.41) is 3.72. The van der Waals surface area contributed by atoms with E-state index in [0.29, 0.717) is 6.04 Å². The third kappa shape index (κ3) is 2.35. The van der Waals surface area contributed by atoms with Crippen LogP contribution in [0.4, 0.5) is 0 Å². The highest BCUT2D eigenvalue weighted by Crippen LogP contribution is 2.37. The van der Waals surface area contributed by atoms with Gasteiger partial charge in [0.1, 0.15) is 0 Å². The zero-order chi connectivity index (χ0) is 11.7. The summed E-state index contributed by atoms with van der Waals surface area (Å²) in [6.07, 6.45) is 6.55. The van der Waals surface area contributed by atoms with Crippen LogP contribution >= 0.6 is 0 Å². The SMILES string of the molecule is CN1C[C@@H]2CCC(NCc3cccnc3)[C@@H]2C1. The maximum absolute atomic E-state index is 4.16. The van der Waals surface area contributed by atoms with Crippen molar-refractivity contribution >= 4 is 0 Å². The molecular weight excluding hydrogens is 210 g/mol. The lowest BCUT2D eigenvalue weighted by Crippen LogP contribution is -2.34. The second-order valence-corrected chi connectivity index (χ2v) is 5.57. The second-order valence-electron chi connectivity index (χ2n) is 5.57. The molecule has 3 rings (SSSR count). The van der Waals surface area contributed by atoms with Gasteiger partial charge < -0.3 is 10.2 Å². The summed E-state index contributed by atoms with van der Waals surface area (Å²) in [4.78, 5) is 6.64. The first-order valence-corrected chi connectivity index (χ1v) is 6.64. The Hall–Kier alpha value is -0.930. The lowest BCUT2D eigenvalue weighted by molar-refractivity contribution is 0.343. The van der Waals surface area contributed by atoms with Gasteiger partial charge in [0, 0.05) is 38.1 Å². The fourth-order valence-electron chi connectivity index (χ4n) is 3.49. The van der Waals surface area contributed by atoms with Gasteiger partial charge in [-0.3, -0.25) is 4.98 Å². The predicted octanol–water partition coefficient (Wildman–Crippen LogP) is 1.51. The summed E-state index contributed by atoms with van der Waals surface area (Å²) >= 11 is 0. The number of rotatable bonds is 3. The summed E-state index contributed by atoms with van der Waals surface area (Å²) in [6, 6.07) is 4.87. The molecule has 2 aliphatic rings. The maximum Gasteiger partial charge on any atom is 0.0312 e. The molecule has 1 aliphatic carbocycles. The van der Waals surface area contributed by atoms with Gasteiger partial charge in [-0.25, -0.2) is 0 Å². The molecule has 0 aromatic carbocycles. The second kappa shape index (κ2) is 4.75. The Balaban J connectivity index is 1.56. The van der Waals surface area contributed by atoms with E-state index < -0.39 is 0 Å². The van der Waals surface area contributed by atoms with Crippen molar-refractivity contribution in [1.82, 2.24) is 15.2 Å². The standard InChI is InChI=1S/C14H21N3/c1-17-9-12-4-5-14(13(12)10-17)16-8-11-3-2-6-15-7-11/h2-3,6-7,12-14,16H,4-5,8-10H2,1H3/t12-,13+,14?/m0/s1. The van der Waals surface area contributed by atoms with E-state index in [-0.39, 0.29) is 0 Å². The number of aromatic nitrogens is 1. The van der Waals surface area contributed by atoms with Crippen LogP contribution in [0, 0.1) is 11.8 Å². The first kappa shape index (κ1) is 11.2. The van der Waals surface area contributed by atoms with E-state index in [1.54, 1.807) is 0 Å². The van der Waals surface area contributed by atoms with Crippen LogP contribution in [0.25, 0.3) is 0 Å². The van der Waals surface area contributed by atoms with E-state index in [1.807, 2.05) is 18.5 Å². The van der Waals surface area contributed by atoms with E-state index in [4.69, 9.17) is 0 Å². The highest BCUT2D eigenvalue weighted by molar-refractivity contribution is 5.08.